The number of rotatable bonds is 7. The number of ether oxygens (including phenoxy) is 1. The fourth-order valence-corrected chi connectivity index (χ4v) is 1.75. The molecule has 2 N–H and O–H groups in total. The van der Waals surface area contributed by atoms with E-state index in [1.807, 2.05) is 6.07 Å². The van der Waals surface area contributed by atoms with E-state index in [9.17, 15) is 4.79 Å². The van der Waals surface area contributed by atoms with E-state index in [4.69, 9.17) is 0 Å². The molecule has 0 radical (unpaired) electrons. The van der Waals surface area contributed by atoms with Gasteiger partial charge in [0.1, 0.15) is 0 Å². The summed E-state index contributed by atoms with van der Waals surface area (Å²) in [4.78, 5) is 15.1. The van der Waals surface area contributed by atoms with Gasteiger partial charge in [-0.1, -0.05) is 30.3 Å². The molecule has 0 aliphatic heterocycles. The monoisotopic (exact) mass is 277 g/mol. The minimum atomic E-state index is -0.225. The molecule has 0 unspecified atom stereocenters. The fraction of sp³-hybridized carbons (Fsp3) is 0.467. The predicted molar refractivity (Wildman–Crippen MR) is 80.8 cm³/mol. The number of aryl methyl sites for hydroxylation is 1. The summed E-state index contributed by atoms with van der Waals surface area (Å²) in [6.45, 7) is 1.36. The Balaban J connectivity index is 2.14. The quantitative estimate of drug-likeness (QED) is 0.342. The molecule has 1 aromatic rings. The van der Waals surface area contributed by atoms with Crippen molar-refractivity contribution in [3.63, 3.8) is 0 Å². The molecular weight excluding hydrogens is 254 g/mol. The Bertz CT molecular complexity index is 418. The smallest absolute Gasteiger partial charge is 0.307 e. The van der Waals surface area contributed by atoms with Crippen LogP contribution in [-0.2, 0) is 16.0 Å². The maximum atomic E-state index is 11.0. The first-order valence-corrected chi connectivity index (χ1v) is 6.81. The van der Waals surface area contributed by atoms with Crippen molar-refractivity contribution < 1.29 is 9.53 Å². The number of nitrogens with zero attached hydrogens (tertiary/aromatic N) is 1. The number of hydrogen-bond acceptors (Lipinski definition) is 3. The summed E-state index contributed by atoms with van der Waals surface area (Å²) in [5.41, 5.74) is 1.34. The van der Waals surface area contributed by atoms with Gasteiger partial charge < -0.3 is 15.4 Å². The highest BCUT2D eigenvalue weighted by molar-refractivity contribution is 5.80. The number of aliphatic imine (C=N–C) groups is 1. The van der Waals surface area contributed by atoms with E-state index in [-0.39, 0.29) is 5.97 Å². The van der Waals surface area contributed by atoms with Gasteiger partial charge in [-0.25, -0.2) is 0 Å². The number of nitrogens with one attached hydrogen (secondary N) is 2. The van der Waals surface area contributed by atoms with E-state index in [1.165, 1.54) is 12.7 Å². The summed E-state index contributed by atoms with van der Waals surface area (Å²) in [5, 5.41) is 6.29. The summed E-state index contributed by atoms with van der Waals surface area (Å²) in [5.74, 6) is 0.485. The Morgan fingerprint density at radius 1 is 1.20 bits per heavy atom. The van der Waals surface area contributed by atoms with E-state index >= 15 is 0 Å². The van der Waals surface area contributed by atoms with Gasteiger partial charge in [-0.2, -0.15) is 0 Å². The third-order valence-electron chi connectivity index (χ3n) is 2.85. The molecule has 0 saturated carbocycles. The van der Waals surface area contributed by atoms with Crippen LogP contribution >= 0.6 is 0 Å². The van der Waals surface area contributed by atoms with Crippen molar-refractivity contribution in [2.75, 3.05) is 27.2 Å². The molecule has 5 nitrogen and oxygen atoms in total. The number of methoxy groups -OCH3 is 1. The summed E-state index contributed by atoms with van der Waals surface area (Å²) < 4.78 is 4.57. The molecule has 0 heterocycles. The molecule has 20 heavy (non-hydrogen) atoms. The van der Waals surface area contributed by atoms with Crippen molar-refractivity contribution in [3.8, 4) is 0 Å². The SMILES string of the molecule is CN=C(NCCCc1ccccc1)NCCC(=O)OC. The molecule has 0 fully saturated rings. The molecule has 1 rings (SSSR count). The lowest BCUT2D eigenvalue weighted by Gasteiger charge is -2.11. The molecule has 1 aromatic carbocycles. The van der Waals surface area contributed by atoms with Crippen LogP contribution in [0.2, 0.25) is 0 Å². The normalized spacial score (nSPS) is 11.0. The van der Waals surface area contributed by atoms with Crippen LogP contribution in [0.15, 0.2) is 35.3 Å². The van der Waals surface area contributed by atoms with Crippen LogP contribution in [0.25, 0.3) is 0 Å². The predicted octanol–water partition coefficient (Wildman–Crippen LogP) is 1.35. The maximum Gasteiger partial charge on any atom is 0.307 e. The van der Waals surface area contributed by atoms with Gasteiger partial charge in [0, 0.05) is 20.1 Å². The van der Waals surface area contributed by atoms with E-state index < -0.39 is 0 Å². The van der Waals surface area contributed by atoms with Gasteiger partial charge in [-0.3, -0.25) is 9.79 Å². The zero-order valence-corrected chi connectivity index (χ0v) is 12.2. The highest BCUT2D eigenvalue weighted by Crippen LogP contribution is 2.01. The van der Waals surface area contributed by atoms with Crippen LogP contribution in [0.5, 0.6) is 0 Å². The first-order valence-electron chi connectivity index (χ1n) is 6.81. The molecule has 0 amide bonds. The van der Waals surface area contributed by atoms with Gasteiger partial charge >= 0.3 is 5.97 Å². The van der Waals surface area contributed by atoms with Crippen LogP contribution in [0, 0.1) is 0 Å². The maximum absolute atomic E-state index is 11.0. The van der Waals surface area contributed by atoms with Crippen molar-refractivity contribution in [1.82, 2.24) is 10.6 Å². The van der Waals surface area contributed by atoms with E-state index in [0.717, 1.165) is 19.4 Å². The zero-order chi connectivity index (χ0) is 14.6. The summed E-state index contributed by atoms with van der Waals surface area (Å²) in [6, 6.07) is 10.4. The number of benzene rings is 1. The highest BCUT2D eigenvalue weighted by Gasteiger charge is 2.01. The third kappa shape index (κ3) is 6.78. The second-order valence-electron chi connectivity index (χ2n) is 4.34. The van der Waals surface area contributed by atoms with Crippen LogP contribution in [0.4, 0.5) is 0 Å². The van der Waals surface area contributed by atoms with E-state index in [2.05, 4.69) is 44.6 Å². The number of esters is 1. The second-order valence-corrected chi connectivity index (χ2v) is 4.34. The zero-order valence-electron chi connectivity index (χ0n) is 12.2. The lowest BCUT2D eigenvalue weighted by molar-refractivity contribution is -0.140. The molecule has 0 atom stereocenters. The van der Waals surface area contributed by atoms with Gasteiger partial charge in [-0.05, 0) is 18.4 Å². The summed E-state index contributed by atoms with van der Waals surface area (Å²) in [7, 11) is 3.10. The first kappa shape index (κ1) is 16.0. The van der Waals surface area contributed by atoms with Gasteiger partial charge in [-0.15, -0.1) is 0 Å². The van der Waals surface area contributed by atoms with Crippen LogP contribution in [0.3, 0.4) is 0 Å². The number of hydrogen-bond donors (Lipinski definition) is 2. The standard InChI is InChI=1S/C15H23N3O2/c1-16-15(18-12-10-14(19)20-2)17-11-6-9-13-7-4-3-5-8-13/h3-5,7-8H,6,9-12H2,1-2H3,(H2,16,17,18). The van der Waals surface area contributed by atoms with E-state index in [1.54, 1.807) is 7.05 Å². The lowest BCUT2D eigenvalue weighted by Crippen LogP contribution is -2.38. The second kappa shape index (κ2) is 9.83. The van der Waals surface area contributed by atoms with Crippen molar-refractivity contribution in [1.29, 1.82) is 0 Å². The topological polar surface area (TPSA) is 62.7 Å². The van der Waals surface area contributed by atoms with Crippen LogP contribution < -0.4 is 10.6 Å². The molecule has 0 spiro atoms. The first-order chi connectivity index (χ1) is 9.76. The molecule has 0 saturated heterocycles. The van der Waals surface area contributed by atoms with Crippen LogP contribution in [-0.4, -0.2) is 39.2 Å². The third-order valence-corrected chi connectivity index (χ3v) is 2.85. The molecule has 110 valence electrons. The largest absolute Gasteiger partial charge is 0.469 e. The minimum Gasteiger partial charge on any atom is -0.469 e. The van der Waals surface area contributed by atoms with Gasteiger partial charge in [0.05, 0.1) is 13.5 Å². The van der Waals surface area contributed by atoms with Gasteiger partial charge in [0.15, 0.2) is 5.96 Å². The van der Waals surface area contributed by atoms with E-state index in [0.29, 0.717) is 18.9 Å². The fourth-order valence-electron chi connectivity index (χ4n) is 1.75. The van der Waals surface area contributed by atoms with Crippen molar-refractivity contribution >= 4 is 11.9 Å². The Hall–Kier alpha value is -2.04. The lowest BCUT2D eigenvalue weighted by atomic mass is 10.1. The van der Waals surface area contributed by atoms with Crippen molar-refractivity contribution in [2.45, 2.75) is 19.3 Å². The molecule has 5 heteroatoms. The molecule has 0 aliphatic carbocycles. The minimum absolute atomic E-state index is 0.225. The average molecular weight is 277 g/mol. The van der Waals surface area contributed by atoms with Gasteiger partial charge in [0.25, 0.3) is 0 Å². The molecule has 0 aromatic heterocycles. The van der Waals surface area contributed by atoms with Crippen LogP contribution in [0.1, 0.15) is 18.4 Å². The number of guanidine groups is 1. The Kier molecular flexibility index (Phi) is 7.87. The Morgan fingerprint density at radius 3 is 2.55 bits per heavy atom. The average Bonchev–Trinajstić information content (AvgIpc) is 2.50. The Labute approximate surface area is 120 Å². The number of carbonyl (C=O) groups is 1. The van der Waals surface area contributed by atoms with Gasteiger partial charge in [0.2, 0.25) is 0 Å². The molecule has 0 bridgehead atoms. The Morgan fingerprint density at radius 2 is 1.90 bits per heavy atom. The number of carbonyl (C=O) groups excluding carboxylic acids is 1. The van der Waals surface area contributed by atoms with Crippen molar-refractivity contribution in [2.24, 2.45) is 4.99 Å². The highest BCUT2D eigenvalue weighted by atomic mass is 16.5. The molecular formula is C15H23N3O2. The summed E-state index contributed by atoms with van der Waals surface area (Å²) >= 11 is 0. The molecule has 0 aliphatic rings. The van der Waals surface area contributed by atoms with Crippen molar-refractivity contribution in [3.05, 3.63) is 35.9 Å². The summed E-state index contributed by atoms with van der Waals surface area (Å²) in [6.07, 6.45) is 2.40.